The van der Waals surface area contributed by atoms with Crippen LogP contribution >= 0.6 is 0 Å². The average molecular weight is 286 g/mol. The van der Waals surface area contributed by atoms with Gasteiger partial charge in [-0.2, -0.15) is 9.40 Å². The smallest absolute Gasteiger partial charge is 0.259 e. The van der Waals surface area contributed by atoms with Gasteiger partial charge in [0.05, 0.1) is 6.20 Å². The highest BCUT2D eigenvalue weighted by molar-refractivity contribution is 7.89. The number of aryl methyl sites for hydroxylation is 1. The maximum Gasteiger partial charge on any atom is 0.259 e. The van der Waals surface area contributed by atoms with Crippen molar-refractivity contribution in [2.75, 3.05) is 26.7 Å². The number of sulfonamides is 1. The Kier molecular flexibility index (Phi) is 4.59. The Bertz CT molecular complexity index is 506. The highest BCUT2D eigenvalue weighted by Crippen LogP contribution is 2.18. The molecule has 1 aliphatic rings. The third-order valence-corrected chi connectivity index (χ3v) is 5.41. The first-order valence-electron chi connectivity index (χ1n) is 6.74. The molecule has 7 heteroatoms. The predicted octanol–water partition coefficient (Wildman–Crippen LogP) is 0.523. The van der Waals surface area contributed by atoms with Crippen molar-refractivity contribution in [1.29, 1.82) is 0 Å². The van der Waals surface area contributed by atoms with Crippen molar-refractivity contribution in [2.24, 2.45) is 5.92 Å². The lowest BCUT2D eigenvalue weighted by molar-refractivity contribution is 0.313. The first-order valence-corrected chi connectivity index (χ1v) is 8.18. The van der Waals surface area contributed by atoms with Gasteiger partial charge in [0.1, 0.15) is 0 Å². The summed E-state index contributed by atoms with van der Waals surface area (Å²) < 4.78 is 28.0. The Hall–Kier alpha value is -0.920. The van der Waals surface area contributed by atoms with Gasteiger partial charge < -0.3 is 5.32 Å². The lowest BCUT2D eigenvalue weighted by Gasteiger charge is -2.27. The van der Waals surface area contributed by atoms with Crippen LogP contribution in [0.1, 0.15) is 19.8 Å². The molecule has 1 saturated heterocycles. The molecule has 0 radical (unpaired) electrons. The first-order chi connectivity index (χ1) is 9.05. The van der Waals surface area contributed by atoms with Crippen LogP contribution in [-0.4, -0.2) is 49.2 Å². The van der Waals surface area contributed by atoms with Crippen molar-refractivity contribution in [3.63, 3.8) is 0 Å². The highest BCUT2D eigenvalue weighted by atomic mass is 32.2. The Labute approximate surface area is 114 Å². The zero-order chi connectivity index (χ0) is 13.9. The molecule has 1 fully saturated rings. The van der Waals surface area contributed by atoms with E-state index in [4.69, 9.17) is 0 Å². The first kappa shape index (κ1) is 14.5. The molecule has 0 amide bonds. The van der Waals surface area contributed by atoms with E-state index in [1.165, 1.54) is 15.2 Å². The molecule has 1 aliphatic heterocycles. The minimum absolute atomic E-state index is 0.279. The average Bonchev–Trinajstić information content (AvgIpc) is 2.88. The fourth-order valence-electron chi connectivity index (χ4n) is 2.48. The summed E-state index contributed by atoms with van der Waals surface area (Å²) in [7, 11) is -1.78. The Morgan fingerprint density at radius 1 is 1.58 bits per heavy atom. The van der Waals surface area contributed by atoms with Gasteiger partial charge in [-0.05, 0) is 44.8 Å². The standard InChI is InChI=1S/C12H22N4O2S/c1-3-16-12(6-8-14-16)19(17,18)15(2)10-11-5-4-7-13-9-11/h6,8,11,13H,3-5,7,9-10H2,1-2H3/t11-/m0/s1. The predicted molar refractivity (Wildman–Crippen MR) is 73.3 cm³/mol. The summed E-state index contributed by atoms with van der Waals surface area (Å²) in [6.45, 7) is 4.93. The van der Waals surface area contributed by atoms with Crippen molar-refractivity contribution < 1.29 is 8.42 Å². The van der Waals surface area contributed by atoms with E-state index >= 15 is 0 Å². The minimum atomic E-state index is -3.43. The number of nitrogens with zero attached hydrogens (tertiary/aromatic N) is 3. The number of aromatic nitrogens is 2. The summed E-state index contributed by atoms with van der Waals surface area (Å²) in [4.78, 5) is 0. The number of nitrogens with one attached hydrogen (secondary N) is 1. The maximum atomic E-state index is 12.5. The molecule has 0 bridgehead atoms. The van der Waals surface area contributed by atoms with Crippen LogP contribution in [0.15, 0.2) is 17.3 Å². The van der Waals surface area contributed by atoms with Crippen molar-refractivity contribution >= 4 is 10.0 Å². The van der Waals surface area contributed by atoms with Gasteiger partial charge in [0.15, 0.2) is 5.03 Å². The van der Waals surface area contributed by atoms with Crippen LogP contribution in [0.5, 0.6) is 0 Å². The summed E-state index contributed by atoms with van der Waals surface area (Å²) in [5, 5.41) is 7.62. The third kappa shape index (κ3) is 3.16. The largest absolute Gasteiger partial charge is 0.316 e. The van der Waals surface area contributed by atoms with Crippen LogP contribution in [0.4, 0.5) is 0 Å². The minimum Gasteiger partial charge on any atom is -0.316 e. The second kappa shape index (κ2) is 6.02. The van der Waals surface area contributed by atoms with Gasteiger partial charge in [-0.25, -0.2) is 8.42 Å². The normalized spacial score (nSPS) is 20.9. The molecule has 2 rings (SSSR count). The van der Waals surface area contributed by atoms with Crippen LogP contribution < -0.4 is 5.32 Å². The molecule has 1 atom stereocenters. The van der Waals surface area contributed by atoms with Gasteiger partial charge in [-0.3, -0.25) is 4.68 Å². The molecule has 0 aliphatic carbocycles. The van der Waals surface area contributed by atoms with E-state index in [-0.39, 0.29) is 5.03 Å². The van der Waals surface area contributed by atoms with Crippen molar-refractivity contribution in [1.82, 2.24) is 19.4 Å². The number of hydrogen-bond acceptors (Lipinski definition) is 4. The SMILES string of the molecule is CCn1nccc1S(=O)(=O)N(C)C[C@H]1CCCNC1. The van der Waals surface area contributed by atoms with Crippen molar-refractivity contribution in [3.8, 4) is 0 Å². The Morgan fingerprint density at radius 2 is 2.37 bits per heavy atom. The molecule has 0 saturated carbocycles. The van der Waals surface area contributed by atoms with E-state index in [0.29, 0.717) is 19.0 Å². The molecular weight excluding hydrogens is 264 g/mol. The van der Waals surface area contributed by atoms with Crippen LogP contribution in [0.3, 0.4) is 0 Å². The van der Waals surface area contributed by atoms with Gasteiger partial charge in [-0.15, -0.1) is 0 Å². The molecule has 1 aromatic rings. The molecule has 0 spiro atoms. The van der Waals surface area contributed by atoms with E-state index in [2.05, 4.69) is 10.4 Å². The Balaban J connectivity index is 2.10. The fourth-order valence-corrected chi connectivity index (χ4v) is 3.88. The molecule has 1 aromatic heterocycles. The van der Waals surface area contributed by atoms with E-state index in [1.54, 1.807) is 13.1 Å². The van der Waals surface area contributed by atoms with Crippen LogP contribution in [0.2, 0.25) is 0 Å². The Morgan fingerprint density at radius 3 is 3.00 bits per heavy atom. The molecule has 108 valence electrons. The number of rotatable bonds is 5. The molecule has 0 aromatic carbocycles. The second-order valence-corrected chi connectivity index (χ2v) is 6.97. The quantitative estimate of drug-likeness (QED) is 0.857. The monoisotopic (exact) mass is 286 g/mol. The second-order valence-electron chi connectivity index (χ2n) is 4.98. The number of piperidine rings is 1. The molecule has 2 heterocycles. The fraction of sp³-hybridized carbons (Fsp3) is 0.750. The van der Waals surface area contributed by atoms with Gasteiger partial charge >= 0.3 is 0 Å². The third-order valence-electron chi connectivity index (χ3n) is 3.57. The molecule has 0 unspecified atom stereocenters. The lowest BCUT2D eigenvalue weighted by atomic mass is 10.00. The van der Waals surface area contributed by atoms with Crippen molar-refractivity contribution in [3.05, 3.63) is 12.3 Å². The molecular formula is C12H22N4O2S. The molecule has 19 heavy (non-hydrogen) atoms. The van der Waals surface area contributed by atoms with E-state index in [0.717, 1.165) is 25.9 Å². The van der Waals surface area contributed by atoms with Gasteiger partial charge in [0.2, 0.25) is 0 Å². The topological polar surface area (TPSA) is 67.2 Å². The highest BCUT2D eigenvalue weighted by Gasteiger charge is 2.27. The zero-order valence-corrected chi connectivity index (χ0v) is 12.4. The van der Waals surface area contributed by atoms with E-state index in [1.807, 2.05) is 6.92 Å². The molecule has 1 N–H and O–H groups in total. The van der Waals surface area contributed by atoms with Crippen LogP contribution in [-0.2, 0) is 16.6 Å². The molecule has 6 nitrogen and oxygen atoms in total. The van der Waals surface area contributed by atoms with Gasteiger partial charge in [0, 0.05) is 20.1 Å². The summed E-state index contributed by atoms with van der Waals surface area (Å²) in [6.07, 6.45) is 3.73. The summed E-state index contributed by atoms with van der Waals surface area (Å²) >= 11 is 0. The number of hydrogen-bond donors (Lipinski definition) is 1. The van der Waals surface area contributed by atoms with Gasteiger partial charge in [-0.1, -0.05) is 0 Å². The van der Waals surface area contributed by atoms with Crippen LogP contribution in [0.25, 0.3) is 0 Å². The summed E-state index contributed by atoms with van der Waals surface area (Å²) in [6, 6.07) is 1.56. The summed E-state index contributed by atoms with van der Waals surface area (Å²) in [5.74, 6) is 0.395. The van der Waals surface area contributed by atoms with Gasteiger partial charge in [0.25, 0.3) is 10.0 Å². The maximum absolute atomic E-state index is 12.5. The van der Waals surface area contributed by atoms with Crippen LogP contribution in [0, 0.1) is 5.92 Å². The summed E-state index contributed by atoms with van der Waals surface area (Å²) in [5.41, 5.74) is 0. The van der Waals surface area contributed by atoms with E-state index in [9.17, 15) is 8.42 Å². The van der Waals surface area contributed by atoms with Crippen molar-refractivity contribution in [2.45, 2.75) is 31.3 Å². The lowest BCUT2D eigenvalue weighted by Crippen LogP contribution is -2.39. The van der Waals surface area contributed by atoms with E-state index < -0.39 is 10.0 Å². The zero-order valence-electron chi connectivity index (χ0n) is 11.5.